The lowest BCUT2D eigenvalue weighted by Gasteiger charge is -2.27. The Morgan fingerprint density at radius 2 is 0.750 bits per heavy atom. The van der Waals surface area contributed by atoms with Gasteiger partial charge in [-0.15, -0.1) is 0 Å². The maximum absolute atomic E-state index is 10.2. The van der Waals surface area contributed by atoms with Crippen LogP contribution in [0.3, 0.4) is 0 Å². The number of hydrogen-bond acceptors (Lipinski definition) is 2. The summed E-state index contributed by atoms with van der Waals surface area (Å²) in [5.41, 5.74) is 12.4. The van der Waals surface area contributed by atoms with Crippen LogP contribution in [-0.4, -0.2) is 8.80 Å². The zero-order chi connectivity index (χ0) is 54.8. The van der Waals surface area contributed by atoms with Crippen LogP contribution in [0.4, 0.5) is 34.1 Å². The number of rotatable bonds is 8. The fourth-order valence-electron chi connectivity index (χ4n) is 11.3. The quantitative estimate of drug-likeness (QED) is 0.151. The van der Waals surface area contributed by atoms with Crippen LogP contribution in [0, 0.1) is 0 Å². The van der Waals surface area contributed by atoms with E-state index in [1.807, 2.05) is 77.9 Å². The topological polar surface area (TPSA) is 15.3 Å². The van der Waals surface area contributed by atoms with Crippen molar-refractivity contribution in [2.45, 2.75) is 91.9 Å². The van der Waals surface area contributed by atoms with Crippen molar-refractivity contribution in [2.75, 3.05) is 9.80 Å². The average molecular weight is 941 g/mol. The van der Waals surface area contributed by atoms with Crippen LogP contribution in [0.5, 0.6) is 0 Å². The molecule has 13 aromatic rings. The Balaban J connectivity index is 1.20. The van der Waals surface area contributed by atoms with E-state index in [0.717, 1.165) is 88.5 Å². The first-order chi connectivity index (χ1) is 37.2. The Hall–Kier alpha value is -7.82. The van der Waals surface area contributed by atoms with Gasteiger partial charge in [0.25, 0.3) is 0 Å². The highest BCUT2D eigenvalue weighted by molar-refractivity contribution is 6.32. The molecule has 354 valence electrons. The van der Waals surface area contributed by atoms with Gasteiger partial charge in [0.2, 0.25) is 0 Å². The SMILES string of the molecule is [2H]c1c(C(C)(C)C)c([2H])c2c3c(N(c4ccccc4)c4ccc(C(C)C)cc4)ccc4c5cc6c(cc5n(c2c1[2H])c43)c1ccc(N(c2ccccc2)c2ccc(C(C)C)cc2)c2c3c([2H])c(C(C)(C)C)c([2H])c([2H])c3n6c12. The van der Waals surface area contributed by atoms with Crippen molar-refractivity contribution in [1.82, 2.24) is 8.80 Å². The summed E-state index contributed by atoms with van der Waals surface area (Å²) in [4.78, 5) is 4.52. The zero-order valence-corrected chi connectivity index (χ0v) is 42.8. The van der Waals surface area contributed by atoms with Crippen molar-refractivity contribution in [3.63, 3.8) is 0 Å². The Bertz CT molecular complexity index is 4270. The highest BCUT2D eigenvalue weighted by Crippen LogP contribution is 2.52. The first-order valence-corrected chi connectivity index (χ1v) is 25.5. The van der Waals surface area contributed by atoms with Crippen LogP contribution in [0.15, 0.2) is 182 Å². The van der Waals surface area contributed by atoms with Gasteiger partial charge in [-0.2, -0.15) is 0 Å². The van der Waals surface area contributed by atoms with E-state index in [1.165, 1.54) is 11.1 Å². The van der Waals surface area contributed by atoms with Gasteiger partial charge < -0.3 is 18.6 Å². The monoisotopic (exact) mass is 941 g/mol. The molecule has 0 aliphatic heterocycles. The summed E-state index contributed by atoms with van der Waals surface area (Å²) in [7, 11) is 0. The number of benzene rings is 9. The normalized spacial score (nSPS) is 14.0. The molecule has 0 aliphatic carbocycles. The average Bonchev–Trinajstić information content (AvgIpc) is 2.67. The van der Waals surface area contributed by atoms with Crippen LogP contribution in [0.25, 0.3) is 76.2 Å². The van der Waals surface area contributed by atoms with Crippen LogP contribution in [-0.2, 0) is 10.8 Å². The number of anilines is 6. The third-order valence-electron chi connectivity index (χ3n) is 15.1. The van der Waals surface area contributed by atoms with E-state index in [1.54, 1.807) is 0 Å². The van der Waals surface area contributed by atoms with Crippen LogP contribution in [0.1, 0.15) is 112 Å². The molecule has 0 saturated heterocycles. The Labute approximate surface area is 431 Å². The molecule has 4 aromatic heterocycles. The molecule has 13 rings (SSSR count). The predicted octanol–water partition coefficient (Wildman–Crippen LogP) is 19.8. The molecule has 0 N–H and O–H groups in total. The molecular weight excluding hydrogens is 873 g/mol. The molecule has 0 aliphatic rings. The number of nitrogens with zero attached hydrogens (tertiary/aromatic N) is 4. The van der Waals surface area contributed by atoms with Crippen LogP contribution >= 0.6 is 0 Å². The van der Waals surface area contributed by atoms with E-state index in [2.05, 4.69) is 155 Å². The minimum Gasteiger partial charge on any atom is -0.310 e. The lowest BCUT2D eigenvalue weighted by molar-refractivity contribution is 0.591. The molecule has 4 heteroatoms. The molecule has 0 unspecified atom stereocenters. The van der Waals surface area contributed by atoms with Crippen LogP contribution < -0.4 is 9.80 Å². The van der Waals surface area contributed by atoms with E-state index in [0.29, 0.717) is 44.8 Å². The summed E-state index contributed by atoms with van der Waals surface area (Å²) in [6.07, 6.45) is 0. The molecule has 4 nitrogen and oxygen atoms in total. The third kappa shape index (κ3) is 6.57. The predicted molar refractivity (Wildman–Crippen MR) is 311 cm³/mol. The van der Waals surface area contributed by atoms with Crippen molar-refractivity contribution in [3.8, 4) is 0 Å². The molecule has 9 aromatic carbocycles. The summed E-state index contributed by atoms with van der Waals surface area (Å²) in [5.74, 6) is 0.697. The van der Waals surface area contributed by atoms with E-state index >= 15 is 0 Å². The Morgan fingerprint density at radius 1 is 0.389 bits per heavy atom. The maximum Gasteiger partial charge on any atom is 0.0645 e. The van der Waals surface area contributed by atoms with Gasteiger partial charge in [0.15, 0.2) is 0 Å². The zero-order valence-electron chi connectivity index (χ0n) is 48.8. The largest absolute Gasteiger partial charge is 0.310 e. The van der Waals surface area contributed by atoms with Gasteiger partial charge in [-0.05, 0) is 142 Å². The summed E-state index contributed by atoms with van der Waals surface area (Å²) in [6.45, 7) is 21.0. The molecule has 72 heavy (non-hydrogen) atoms. The summed E-state index contributed by atoms with van der Waals surface area (Å²) in [5, 5.41) is 6.66. The van der Waals surface area contributed by atoms with E-state index in [4.69, 9.17) is 0 Å². The molecule has 0 spiro atoms. The van der Waals surface area contributed by atoms with Gasteiger partial charge in [0, 0.05) is 65.8 Å². The highest BCUT2D eigenvalue weighted by atomic mass is 15.2. The second-order valence-electron chi connectivity index (χ2n) is 22.6. The lowest BCUT2D eigenvalue weighted by Crippen LogP contribution is -2.11. The van der Waals surface area contributed by atoms with Gasteiger partial charge in [0.1, 0.15) is 0 Å². The smallest absolute Gasteiger partial charge is 0.0645 e. The summed E-state index contributed by atoms with van der Waals surface area (Å²) < 4.78 is 64.1. The van der Waals surface area contributed by atoms with Crippen molar-refractivity contribution in [2.24, 2.45) is 0 Å². The molecule has 0 saturated carbocycles. The minimum absolute atomic E-state index is 0.0532. The van der Waals surface area contributed by atoms with E-state index in [9.17, 15) is 8.22 Å². The standard InChI is InChI=1S/C68H62N4/c1-41(2)43-21-27-49(28-22-43)69(47-17-13-11-14-18-47)59-35-31-51-53-39-62-54(40-61(53)71-57-33-25-45(67(5,6)7)37-55(57)63(59)65(51)71)52-32-36-60(64-56-38-46(68(8,9)10)26-34-58(56)72(62)66(52)64)70(48-19-15-12-16-20-48)50-29-23-44(24-30-50)42(3)4/h11-42H,1-10H3/i25D,26D,33D,34D,37D,38D. The number of hydrogen-bond donors (Lipinski definition) is 0. The fraction of sp³-hybridized carbons (Fsp3) is 0.206. The van der Waals surface area contributed by atoms with E-state index in [-0.39, 0.29) is 36.3 Å². The minimum atomic E-state index is -0.595. The highest BCUT2D eigenvalue weighted by Gasteiger charge is 2.29. The van der Waals surface area contributed by atoms with Crippen molar-refractivity contribution >= 4 is 110 Å². The Morgan fingerprint density at radius 3 is 1.10 bits per heavy atom. The molecule has 0 amide bonds. The number of para-hydroxylation sites is 2. The van der Waals surface area contributed by atoms with Crippen molar-refractivity contribution in [1.29, 1.82) is 0 Å². The molecule has 0 bridgehead atoms. The van der Waals surface area contributed by atoms with Crippen molar-refractivity contribution in [3.05, 3.63) is 204 Å². The number of fused-ring (bicyclic) bond motifs is 12. The van der Waals surface area contributed by atoms with E-state index < -0.39 is 10.8 Å². The summed E-state index contributed by atoms with van der Waals surface area (Å²) in [6, 6.07) is 51.9. The molecule has 0 fully saturated rings. The second kappa shape index (κ2) is 15.8. The third-order valence-corrected chi connectivity index (χ3v) is 15.1. The van der Waals surface area contributed by atoms with Crippen LogP contribution in [0.2, 0.25) is 0 Å². The lowest BCUT2D eigenvalue weighted by atomic mass is 9.86. The van der Waals surface area contributed by atoms with Gasteiger partial charge in [0.05, 0.1) is 52.7 Å². The Kier molecular flexibility index (Phi) is 8.35. The first kappa shape index (κ1) is 37.9. The maximum atomic E-state index is 10.2. The molecule has 0 radical (unpaired) electrons. The fourth-order valence-corrected chi connectivity index (χ4v) is 11.3. The summed E-state index contributed by atoms with van der Waals surface area (Å²) >= 11 is 0. The van der Waals surface area contributed by atoms with Crippen molar-refractivity contribution < 1.29 is 8.22 Å². The number of aromatic nitrogens is 2. The second-order valence-corrected chi connectivity index (χ2v) is 22.6. The van der Waals surface area contributed by atoms with Gasteiger partial charge in [-0.3, -0.25) is 0 Å². The molecule has 0 atom stereocenters. The van der Waals surface area contributed by atoms with Gasteiger partial charge in [-0.25, -0.2) is 0 Å². The van der Waals surface area contributed by atoms with Gasteiger partial charge in [-0.1, -0.05) is 154 Å². The molecule has 4 heterocycles. The molecular formula is C68H62N4. The van der Waals surface area contributed by atoms with Gasteiger partial charge >= 0.3 is 0 Å². The first-order valence-electron chi connectivity index (χ1n) is 28.5.